The number of benzene rings is 1. The average molecular weight is 345 g/mol. The number of para-hydroxylation sites is 1. The number of nitrogens with zero attached hydrogens (tertiary/aromatic N) is 3. The van der Waals surface area contributed by atoms with E-state index < -0.39 is 0 Å². The number of aromatic nitrogens is 3. The third-order valence-electron chi connectivity index (χ3n) is 3.76. The molecule has 124 valence electrons. The van der Waals surface area contributed by atoms with Gasteiger partial charge in [0.15, 0.2) is 0 Å². The number of hydrogen-bond acceptors (Lipinski definition) is 4. The second-order valence-electron chi connectivity index (χ2n) is 5.37. The van der Waals surface area contributed by atoms with Crippen LogP contribution in [0, 0.1) is 0 Å². The van der Waals surface area contributed by atoms with Crippen LogP contribution in [0.25, 0.3) is 10.9 Å². The van der Waals surface area contributed by atoms with Gasteiger partial charge in [-0.1, -0.05) is 29.8 Å². The van der Waals surface area contributed by atoms with Gasteiger partial charge in [-0.15, -0.1) is 0 Å². The quantitative estimate of drug-likeness (QED) is 0.772. The molecule has 1 amide bonds. The molecule has 1 aromatic carbocycles. The molecule has 7 heteroatoms. The first-order chi connectivity index (χ1) is 11.6. The number of hydrogen-bond donors (Lipinski definition) is 1. The van der Waals surface area contributed by atoms with Crippen molar-refractivity contribution in [1.82, 2.24) is 20.1 Å². The Morgan fingerprint density at radius 1 is 1.33 bits per heavy atom. The van der Waals surface area contributed by atoms with E-state index in [1.165, 1.54) is 0 Å². The Labute approximate surface area is 144 Å². The van der Waals surface area contributed by atoms with Gasteiger partial charge < -0.3 is 10.1 Å². The van der Waals surface area contributed by atoms with E-state index in [9.17, 15) is 4.79 Å². The Morgan fingerprint density at radius 3 is 2.88 bits per heavy atom. The molecule has 1 unspecified atom stereocenters. The summed E-state index contributed by atoms with van der Waals surface area (Å²) < 4.78 is 6.91. The van der Waals surface area contributed by atoms with Crippen molar-refractivity contribution in [2.45, 2.75) is 6.04 Å². The number of amides is 1. The van der Waals surface area contributed by atoms with Gasteiger partial charge in [0.1, 0.15) is 5.69 Å². The summed E-state index contributed by atoms with van der Waals surface area (Å²) in [5.74, 6) is -0.292. The lowest BCUT2D eigenvalue weighted by atomic mass is 10.1. The fourth-order valence-corrected chi connectivity index (χ4v) is 2.79. The highest BCUT2D eigenvalue weighted by molar-refractivity contribution is 6.35. The lowest BCUT2D eigenvalue weighted by Crippen LogP contribution is -2.33. The molecule has 0 aliphatic heterocycles. The van der Waals surface area contributed by atoms with Crippen LogP contribution in [-0.2, 0) is 11.8 Å². The SMILES string of the molecule is COCC(NC(=O)c1ccc2cccc(Cl)c2n1)c1ccnn1C. The Hall–Kier alpha value is -2.44. The van der Waals surface area contributed by atoms with Gasteiger partial charge in [0.05, 0.1) is 28.9 Å². The summed E-state index contributed by atoms with van der Waals surface area (Å²) in [6.45, 7) is 0.333. The van der Waals surface area contributed by atoms with Crippen LogP contribution in [-0.4, -0.2) is 34.4 Å². The van der Waals surface area contributed by atoms with Gasteiger partial charge >= 0.3 is 0 Å². The van der Waals surface area contributed by atoms with Crippen LogP contribution in [0.5, 0.6) is 0 Å². The van der Waals surface area contributed by atoms with Crippen LogP contribution in [0.2, 0.25) is 5.02 Å². The summed E-state index contributed by atoms with van der Waals surface area (Å²) in [7, 11) is 3.40. The topological polar surface area (TPSA) is 69.0 Å². The van der Waals surface area contributed by atoms with E-state index in [0.29, 0.717) is 22.8 Å². The molecule has 0 aliphatic carbocycles. The lowest BCUT2D eigenvalue weighted by Gasteiger charge is -2.18. The molecule has 2 aromatic heterocycles. The number of carbonyl (C=O) groups excluding carboxylic acids is 1. The highest BCUT2D eigenvalue weighted by Crippen LogP contribution is 2.22. The summed E-state index contributed by atoms with van der Waals surface area (Å²) in [5, 5.41) is 8.46. The molecule has 0 saturated heterocycles. The van der Waals surface area contributed by atoms with E-state index in [1.54, 1.807) is 30.1 Å². The van der Waals surface area contributed by atoms with Gasteiger partial charge in [-0.2, -0.15) is 5.10 Å². The number of fused-ring (bicyclic) bond motifs is 1. The standard InChI is InChI=1S/C17H17ClN4O2/c1-22-15(8-9-19-22)14(10-24-2)21-17(23)13-7-6-11-4-3-5-12(18)16(11)20-13/h3-9,14H,10H2,1-2H3,(H,21,23). The normalized spacial score (nSPS) is 12.3. The number of carbonyl (C=O) groups is 1. The van der Waals surface area contributed by atoms with E-state index in [4.69, 9.17) is 16.3 Å². The van der Waals surface area contributed by atoms with Crippen molar-refractivity contribution in [2.75, 3.05) is 13.7 Å². The van der Waals surface area contributed by atoms with Crippen LogP contribution in [0.1, 0.15) is 22.2 Å². The predicted molar refractivity (Wildman–Crippen MR) is 92.0 cm³/mol. The van der Waals surface area contributed by atoms with Crippen molar-refractivity contribution in [2.24, 2.45) is 7.05 Å². The number of nitrogens with one attached hydrogen (secondary N) is 1. The van der Waals surface area contributed by atoms with Crippen molar-refractivity contribution in [3.8, 4) is 0 Å². The van der Waals surface area contributed by atoms with Gasteiger partial charge in [-0.25, -0.2) is 4.98 Å². The molecular formula is C17H17ClN4O2. The number of pyridine rings is 1. The van der Waals surface area contributed by atoms with E-state index >= 15 is 0 Å². The van der Waals surface area contributed by atoms with Gasteiger partial charge in [-0.3, -0.25) is 9.48 Å². The van der Waals surface area contributed by atoms with Crippen molar-refractivity contribution >= 4 is 28.4 Å². The Kier molecular flexibility index (Phi) is 4.78. The summed E-state index contributed by atoms with van der Waals surface area (Å²) in [6.07, 6.45) is 1.68. The molecule has 0 fully saturated rings. The van der Waals surface area contributed by atoms with Gasteiger partial charge in [-0.05, 0) is 18.2 Å². The number of rotatable bonds is 5. The first-order valence-electron chi connectivity index (χ1n) is 7.43. The van der Waals surface area contributed by atoms with Crippen molar-refractivity contribution in [3.05, 3.63) is 59.0 Å². The molecule has 6 nitrogen and oxygen atoms in total. The zero-order chi connectivity index (χ0) is 17.1. The zero-order valence-corrected chi connectivity index (χ0v) is 14.1. The molecule has 24 heavy (non-hydrogen) atoms. The van der Waals surface area contributed by atoms with Crippen molar-refractivity contribution < 1.29 is 9.53 Å². The van der Waals surface area contributed by atoms with E-state index in [-0.39, 0.29) is 11.9 Å². The minimum atomic E-state index is -0.321. The van der Waals surface area contributed by atoms with Crippen molar-refractivity contribution in [3.63, 3.8) is 0 Å². The first kappa shape index (κ1) is 16.4. The molecular weight excluding hydrogens is 328 g/mol. The maximum Gasteiger partial charge on any atom is 0.270 e. The van der Waals surface area contributed by atoms with Gasteiger partial charge in [0, 0.05) is 25.7 Å². The largest absolute Gasteiger partial charge is 0.382 e. The number of aryl methyl sites for hydroxylation is 1. The number of methoxy groups -OCH3 is 1. The van der Waals surface area contributed by atoms with E-state index in [2.05, 4.69) is 15.4 Å². The summed E-state index contributed by atoms with van der Waals surface area (Å²) in [5.41, 5.74) is 1.76. The Balaban J connectivity index is 1.88. The smallest absolute Gasteiger partial charge is 0.270 e. The Morgan fingerprint density at radius 2 is 2.17 bits per heavy atom. The molecule has 1 atom stereocenters. The summed E-state index contributed by atoms with van der Waals surface area (Å²) in [4.78, 5) is 17.0. The molecule has 0 saturated carbocycles. The molecule has 0 aliphatic rings. The number of ether oxygens (including phenoxy) is 1. The van der Waals surface area contributed by atoms with Crippen LogP contribution in [0.4, 0.5) is 0 Å². The van der Waals surface area contributed by atoms with Crippen LogP contribution in [0.15, 0.2) is 42.6 Å². The maximum atomic E-state index is 12.6. The first-order valence-corrected chi connectivity index (χ1v) is 7.81. The monoisotopic (exact) mass is 344 g/mol. The fraction of sp³-hybridized carbons (Fsp3) is 0.235. The molecule has 3 rings (SSSR count). The highest BCUT2D eigenvalue weighted by Gasteiger charge is 2.19. The fourth-order valence-electron chi connectivity index (χ4n) is 2.56. The third-order valence-corrected chi connectivity index (χ3v) is 4.06. The van der Waals surface area contributed by atoms with E-state index in [1.807, 2.05) is 31.3 Å². The van der Waals surface area contributed by atoms with E-state index in [0.717, 1.165) is 11.1 Å². The highest BCUT2D eigenvalue weighted by atomic mass is 35.5. The van der Waals surface area contributed by atoms with Crippen LogP contribution in [0.3, 0.4) is 0 Å². The second-order valence-corrected chi connectivity index (χ2v) is 5.78. The average Bonchev–Trinajstić information content (AvgIpc) is 3.00. The summed E-state index contributed by atoms with van der Waals surface area (Å²) >= 11 is 6.17. The lowest BCUT2D eigenvalue weighted by molar-refractivity contribution is 0.0887. The molecule has 0 radical (unpaired) electrons. The van der Waals surface area contributed by atoms with Crippen molar-refractivity contribution in [1.29, 1.82) is 0 Å². The minimum absolute atomic E-state index is 0.292. The molecule has 2 heterocycles. The number of halogens is 1. The third kappa shape index (κ3) is 3.25. The van der Waals surface area contributed by atoms with Gasteiger partial charge in [0.25, 0.3) is 5.91 Å². The molecule has 0 bridgehead atoms. The Bertz CT molecular complexity index is 878. The molecule has 3 aromatic rings. The van der Waals surface area contributed by atoms with Gasteiger partial charge in [0.2, 0.25) is 0 Å². The minimum Gasteiger partial charge on any atom is -0.382 e. The second kappa shape index (κ2) is 6.98. The molecule has 0 spiro atoms. The zero-order valence-electron chi connectivity index (χ0n) is 13.4. The van der Waals surface area contributed by atoms with Crippen LogP contribution >= 0.6 is 11.6 Å². The predicted octanol–water partition coefficient (Wildman–Crippen LogP) is 2.74. The summed E-state index contributed by atoms with van der Waals surface area (Å²) in [6, 6.07) is 10.5. The maximum absolute atomic E-state index is 12.6. The molecule has 1 N–H and O–H groups in total. The van der Waals surface area contributed by atoms with Crippen LogP contribution < -0.4 is 5.32 Å².